The topological polar surface area (TPSA) is 115 Å². The maximum Gasteiger partial charge on any atom is 0.326 e. The van der Waals surface area contributed by atoms with E-state index >= 15 is 0 Å². The van der Waals surface area contributed by atoms with Crippen LogP contribution in [-0.4, -0.2) is 44.9 Å². The summed E-state index contributed by atoms with van der Waals surface area (Å²) in [6.07, 6.45) is 3.77. The first-order chi connectivity index (χ1) is 9.11. The van der Waals surface area contributed by atoms with E-state index in [1.165, 1.54) is 0 Å². The predicted molar refractivity (Wildman–Crippen MR) is 65.4 cm³/mol. The minimum Gasteiger partial charge on any atom is -0.480 e. The Morgan fingerprint density at radius 2 is 2.37 bits per heavy atom. The number of H-pyrrole nitrogens is 1. The number of carbonyl (C=O) groups excluding carboxylic acids is 1. The van der Waals surface area contributed by atoms with Crippen LogP contribution < -0.4 is 5.32 Å². The molecule has 0 spiro atoms. The molecule has 2 rings (SSSR count). The van der Waals surface area contributed by atoms with E-state index < -0.39 is 12.0 Å². The first kappa shape index (κ1) is 13.5. The van der Waals surface area contributed by atoms with Crippen molar-refractivity contribution in [1.29, 1.82) is 0 Å². The SMILES string of the molecule is O=C(N[C@@H](CCO)C(=O)O)[C@@H]1CCc2cn[nH]c2C1. The molecule has 7 heteroatoms. The zero-order valence-electron chi connectivity index (χ0n) is 10.4. The summed E-state index contributed by atoms with van der Waals surface area (Å²) < 4.78 is 0. The summed E-state index contributed by atoms with van der Waals surface area (Å²) in [5.41, 5.74) is 2.06. The van der Waals surface area contributed by atoms with E-state index in [1.54, 1.807) is 6.20 Å². The smallest absolute Gasteiger partial charge is 0.326 e. The summed E-state index contributed by atoms with van der Waals surface area (Å²) >= 11 is 0. The fourth-order valence-electron chi connectivity index (χ4n) is 2.31. The number of hydrogen-bond donors (Lipinski definition) is 4. The van der Waals surface area contributed by atoms with Crippen LogP contribution in [0, 0.1) is 5.92 Å². The van der Waals surface area contributed by atoms with E-state index in [4.69, 9.17) is 10.2 Å². The van der Waals surface area contributed by atoms with Crippen LogP contribution >= 0.6 is 0 Å². The highest BCUT2D eigenvalue weighted by Gasteiger charge is 2.28. The van der Waals surface area contributed by atoms with Crippen LogP contribution in [0.15, 0.2) is 6.20 Å². The molecule has 104 valence electrons. The van der Waals surface area contributed by atoms with Crippen LogP contribution in [0.5, 0.6) is 0 Å². The Labute approximate surface area is 110 Å². The third kappa shape index (κ3) is 3.11. The van der Waals surface area contributed by atoms with Gasteiger partial charge in [-0.05, 0) is 18.4 Å². The molecule has 4 N–H and O–H groups in total. The molecule has 19 heavy (non-hydrogen) atoms. The van der Waals surface area contributed by atoms with Crippen LogP contribution in [0.3, 0.4) is 0 Å². The highest BCUT2D eigenvalue weighted by atomic mass is 16.4. The lowest BCUT2D eigenvalue weighted by atomic mass is 9.87. The largest absolute Gasteiger partial charge is 0.480 e. The van der Waals surface area contributed by atoms with Crippen molar-refractivity contribution in [2.75, 3.05) is 6.61 Å². The van der Waals surface area contributed by atoms with Crippen LogP contribution in [-0.2, 0) is 22.4 Å². The van der Waals surface area contributed by atoms with Gasteiger partial charge in [-0.3, -0.25) is 9.89 Å². The minimum atomic E-state index is -1.12. The van der Waals surface area contributed by atoms with Crippen LogP contribution in [0.4, 0.5) is 0 Å². The molecule has 2 atom stereocenters. The number of rotatable bonds is 5. The Hall–Kier alpha value is -1.89. The van der Waals surface area contributed by atoms with Gasteiger partial charge in [-0.2, -0.15) is 5.10 Å². The van der Waals surface area contributed by atoms with Crippen molar-refractivity contribution in [1.82, 2.24) is 15.5 Å². The van der Waals surface area contributed by atoms with Gasteiger partial charge in [-0.1, -0.05) is 0 Å². The molecule has 7 nitrogen and oxygen atoms in total. The molecule has 1 aromatic rings. The summed E-state index contributed by atoms with van der Waals surface area (Å²) in [6, 6.07) is -1.03. The number of fused-ring (bicyclic) bond motifs is 1. The monoisotopic (exact) mass is 267 g/mol. The van der Waals surface area contributed by atoms with E-state index in [9.17, 15) is 9.59 Å². The Kier molecular flexibility index (Phi) is 4.16. The molecule has 0 aromatic carbocycles. The zero-order valence-corrected chi connectivity index (χ0v) is 10.4. The molecule has 1 aromatic heterocycles. The van der Waals surface area contributed by atoms with Gasteiger partial charge in [0.1, 0.15) is 6.04 Å². The van der Waals surface area contributed by atoms with Crippen molar-refractivity contribution in [3.63, 3.8) is 0 Å². The number of carboxylic acids is 1. The summed E-state index contributed by atoms with van der Waals surface area (Å²) in [7, 11) is 0. The van der Waals surface area contributed by atoms with Crippen molar-refractivity contribution < 1.29 is 19.8 Å². The maximum atomic E-state index is 12.0. The molecular weight excluding hydrogens is 250 g/mol. The van der Waals surface area contributed by atoms with Gasteiger partial charge in [0.15, 0.2) is 0 Å². The Morgan fingerprint density at radius 3 is 3.05 bits per heavy atom. The van der Waals surface area contributed by atoms with Gasteiger partial charge in [0.2, 0.25) is 5.91 Å². The summed E-state index contributed by atoms with van der Waals surface area (Å²) in [5, 5.41) is 27.0. The third-order valence-corrected chi connectivity index (χ3v) is 3.42. The second-order valence-electron chi connectivity index (χ2n) is 4.73. The summed E-state index contributed by atoms with van der Waals surface area (Å²) in [4.78, 5) is 23.0. The van der Waals surface area contributed by atoms with Crippen LogP contribution in [0.1, 0.15) is 24.1 Å². The molecule has 0 saturated heterocycles. The molecular formula is C12H17N3O4. The van der Waals surface area contributed by atoms with E-state index in [2.05, 4.69) is 15.5 Å². The van der Waals surface area contributed by atoms with Crippen molar-refractivity contribution in [3.8, 4) is 0 Å². The number of aromatic amines is 1. The fraction of sp³-hybridized carbons (Fsp3) is 0.583. The number of aliphatic hydroxyl groups excluding tert-OH is 1. The molecule has 0 radical (unpaired) electrons. The maximum absolute atomic E-state index is 12.0. The van der Waals surface area contributed by atoms with Gasteiger partial charge in [0.25, 0.3) is 0 Å². The molecule has 1 heterocycles. The Balaban J connectivity index is 1.95. The Bertz CT molecular complexity index is 471. The van der Waals surface area contributed by atoms with E-state index in [0.717, 1.165) is 17.7 Å². The number of carboxylic acid groups (broad SMARTS) is 1. The molecule has 0 fully saturated rings. The number of hydrogen-bond acceptors (Lipinski definition) is 4. The van der Waals surface area contributed by atoms with E-state index in [0.29, 0.717) is 12.8 Å². The number of aryl methyl sites for hydroxylation is 1. The molecule has 1 aliphatic carbocycles. The standard InChI is InChI=1S/C12H17N3O4/c16-4-3-9(12(18)19)14-11(17)7-1-2-8-6-13-15-10(8)5-7/h6-7,9,16H,1-5H2,(H,13,15)(H,14,17)(H,18,19)/t7-,9+/m1/s1. The third-order valence-electron chi connectivity index (χ3n) is 3.42. The predicted octanol–water partition coefficient (Wildman–Crippen LogP) is -0.534. The van der Waals surface area contributed by atoms with Crippen molar-refractivity contribution in [2.45, 2.75) is 31.7 Å². The average molecular weight is 267 g/mol. The normalized spacial score (nSPS) is 19.5. The van der Waals surface area contributed by atoms with Gasteiger partial charge < -0.3 is 15.5 Å². The highest BCUT2D eigenvalue weighted by molar-refractivity contribution is 5.85. The number of aromatic nitrogens is 2. The Morgan fingerprint density at radius 1 is 1.58 bits per heavy atom. The lowest BCUT2D eigenvalue weighted by Gasteiger charge is -2.23. The average Bonchev–Trinajstić information content (AvgIpc) is 2.85. The molecule has 0 aliphatic heterocycles. The van der Waals surface area contributed by atoms with Crippen LogP contribution in [0.25, 0.3) is 0 Å². The quantitative estimate of drug-likeness (QED) is 0.572. The van der Waals surface area contributed by atoms with Crippen molar-refractivity contribution in [3.05, 3.63) is 17.5 Å². The van der Waals surface area contributed by atoms with Crippen LogP contribution in [0.2, 0.25) is 0 Å². The van der Waals surface area contributed by atoms with Gasteiger partial charge in [0.05, 0.1) is 6.20 Å². The molecule has 1 aliphatic rings. The minimum absolute atomic E-state index is 0.0170. The van der Waals surface area contributed by atoms with Gasteiger partial charge in [0, 0.05) is 31.1 Å². The lowest BCUT2D eigenvalue weighted by Crippen LogP contribution is -2.45. The van der Waals surface area contributed by atoms with Gasteiger partial charge in [-0.15, -0.1) is 0 Å². The summed E-state index contributed by atoms with van der Waals surface area (Å²) in [6.45, 7) is -0.271. The zero-order chi connectivity index (χ0) is 13.8. The van der Waals surface area contributed by atoms with E-state index in [-0.39, 0.29) is 24.9 Å². The first-order valence-electron chi connectivity index (χ1n) is 6.27. The highest BCUT2D eigenvalue weighted by Crippen LogP contribution is 2.23. The molecule has 0 saturated carbocycles. The van der Waals surface area contributed by atoms with E-state index in [1.807, 2.05) is 0 Å². The second-order valence-corrected chi connectivity index (χ2v) is 4.73. The molecule has 0 bridgehead atoms. The number of aliphatic hydroxyl groups is 1. The molecule has 1 amide bonds. The fourth-order valence-corrected chi connectivity index (χ4v) is 2.31. The van der Waals surface area contributed by atoms with Gasteiger partial charge in [-0.25, -0.2) is 4.79 Å². The summed E-state index contributed by atoms with van der Waals surface area (Å²) in [5.74, 6) is -1.64. The first-order valence-corrected chi connectivity index (χ1v) is 6.27. The number of nitrogens with zero attached hydrogens (tertiary/aromatic N) is 1. The lowest BCUT2D eigenvalue weighted by molar-refractivity contribution is -0.143. The number of aliphatic carboxylic acids is 1. The second kappa shape index (κ2) is 5.83. The molecule has 0 unspecified atom stereocenters. The number of nitrogens with one attached hydrogen (secondary N) is 2. The van der Waals surface area contributed by atoms with Crippen molar-refractivity contribution >= 4 is 11.9 Å². The number of amides is 1. The van der Waals surface area contributed by atoms with Gasteiger partial charge >= 0.3 is 5.97 Å². The number of carbonyl (C=O) groups is 2. The van der Waals surface area contributed by atoms with Crippen molar-refractivity contribution in [2.24, 2.45) is 5.92 Å².